The van der Waals surface area contributed by atoms with E-state index in [-0.39, 0.29) is 24.3 Å². The Labute approximate surface area is 111 Å². The molecule has 0 amide bonds. The molecule has 0 unspecified atom stereocenters. The number of nitrogens with zero attached hydrogens (tertiary/aromatic N) is 4. The Morgan fingerprint density at radius 2 is 2.20 bits per heavy atom. The van der Waals surface area contributed by atoms with Crippen molar-refractivity contribution in [1.82, 2.24) is 14.6 Å². The molecule has 0 aromatic carbocycles. The van der Waals surface area contributed by atoms with E-state index in [1.54, 1.807) is 7.05 Å². The molecule has 0 spiro atoms. The molecule has 0 aliphatic heterocycles. The van der Waals surface area contributed by atoms with E-state index in [4.69, 9.17) is 5.11 Å². The molecule has 2 aromatic rings. The number of halogens is 3. The molecule has 0 fully saturated rings. The fourth-order valence-electron chi connectivity index (χ4n) is 1.71. The number of aromatic nitrogens is 3. The van der Waals surface area contributed by atoms with Crippen LogP contribution in [0.5, 0.6) is 0 Å². The minimum absolute atomic E-state index is 0.133. The zero-order chi connectivity index (χ0) is 14.9. The zero-order valence-electron chi connectivity index (χ0n) is 10.4. The van der Waals surface area contributed by atoms with Crippen LogP contribution in [-0.4, -0.2) is 39.3 Å². The summed E-state index contributed by atoms with van der Waals surface area (Å²) in [7, 11) is 1.56. The molecule has 108 valence electrons. The van der Waals surface area contributed by atoms with E-state index < -0.39 is 17.8 Å². The van der Waals surface area contributed by atoms with Crippen LogP contribution in [0.3, 0.4) is 0 Å². The minimum Gasteiger partial charge on any atom is -0.481 e. The van der Waals surface area contributed by atoms with Gasteiger partial charge in [0.1, 0.15) is 5.52 Å². The van der Waals surface area contributed by atoms with Gasteiger partial charge in [0.05, 0.1) is 6.42 Å². The van der Waals surface area contributed by atoms with Crippen molar-refractivity contribution in [2.45, 2.75) is 12.6 Å². The number of carboxylic acids is 1. The van der Waals surface area contributed by atoms with Crippen LogP contribution in [0.2, 0.25) is 0 Å². The van der Waals surface area contributed by atoms with Crippen molar-refractivity contribution in [1.29, 1.82) is 0 Å². The Kier molecular flexibility index (Phi) is 3.51. The molecule has 2 rings (SSSR count). The normalized spacial score (nSPS) is 11.8. The minimum atomic E-state index is -4.54. The van der Waals surface area contributed by atoms with Crippen LogP contribution in [0.1, 0.15) is 12.1 Å². The van der Waals surface area contributed by atoms with Gasteiger partial charge in [-0.25, -0.2) is 9.50 Å². The van der Waals surface area contributed by atoms with Crippen LogP contribution < -0.4 is 4.90 Å². The molecule has 0 saturated heterocycles. The van der Waals surface area contributed by atoms with E-state index in [2.05, 4.69) is 10.1 Å². The summed E-state index contributed by atoms with van der Waals surface area (Å²) in [6, 6.07) is 0.888. The van der Waals surface area contributed by atoms with E-state index in [0.717, 1.165) is 10.6 Å². The van der Waals surface area contributed by atoms with Crippen LogP contribution in [-0.2, 0) is 11.0 Å². The molecule has 0 radical (unpaired) electrons. The van der Waals surface area contributed by atoms with Crippen LogP contribution in [0.4, 0.5) is 19.0 Å². The summed E-state index contributed by atoms with van der Waals surface area (Å²) in [4.78, 5) is 16.0. The lowest BCUT2D eigenvalue weighted by molar-refractivity contribution is -0.141. The third-order valence-corrected chi connectivity index (χ3v) is 2.68. The number of carboxylic acid groups (broad SMARTS) is 1. The molecular weight excluding hydrogens is 277 g/mol. The van der Waals surface area contributed by atoms with E-state index in [0.29, 0.717) is 0 Å². The van der Waals surface area contributed by atoms with E-state index in [1.807, 2.05) is 0 Å². The van der Waals surface area contributed by atoms with Crippen molar-refractivity contribution in [3.63, 3.8) is 0 Å². The summed E-state index contributed by atoms with van der Waals surface area (Å²) in [5, 5.41) is 12.1. The lowest BCUT2D eigenvalue weighted by atomic mass is 10.3. The van der Waals surface area contributed by atoms with Gasteiger partial charge < -0.3 is 10.0 Å². The SMILES string of the molecule is CN(CCC(=O)O)c1nccn2nc(C(F)(F)F)cc12. The number of alkyl halides is 3. The molecule has 0 aliphatic rings. The summed E-state index contributed by atoms with van der Waals surface area (Å²) in [6.07, 6.45) is -2.06. The van der Waals surface area contributed by atoms with Gasteiger partial charge in [-0.05, 0) is 0 Å². The molecule has 0 aliphatic carbocycles. The van der Waals surface area contributed by atoms with Gasteiger partial charge in [-0.2, -0.15) is 18.3 Å². The Morgan fingerprint density at radius 3 is 2.80 bits per heavy atom. The fraction of sp³-hybridized carbons (Fsp3) is 0.364. The first-order chi connectivity index (χ1) is 9.29. The lowest BCUT2D eigenvalue weighted by Gasteiger charge is -2.17. The van der Waals surface area contributed by atoms with Crippen molar-refractivity contribution in [2.75, 3.05) is 18.5 Å². The topological polar surface area (TPSA) is 70.7 Å². The molecule has 0 atom stereocenters. The number of hydrogen-bond donors (Lipinski definition) is 1. The third kappa shape index (κ3) is 2.81. The van der Waals surface area contributed by atoms with E-state index in [1.165, 1.54) is 17.3 Å². The second-order valence-corrected chi connectivity index (χ2v) is 4.17. The zero-order valence-corrected chi connectivity index (χ0v) is 10.4. The van der Waals surface area contributed by atoms with Crippen molar-refractivity contribution < 1.29 is 23.1 Å². The number of hydrogen-bond acceptors (Lipinski definition) is 4. The van der Waals surface area contributed by atoms with Gasteiger partial charge in [0, 0.05) is 32.1 Å². The number of aliphatic carboxylic acids is 1. The Balaban J connectivity index is 2.38. The quantitative estimate of drug-likeness (QED) is 0.926. The van der Waals surface area contributed by atoms with Gasteiger partial charge in [0.25, 0.3) is 0 Å². The Bertz CT molecular complexity index is 638. The largest absolute Gasteiger partial charge is 0.481 e. The first kappa shape index (κ1) is 14.1. The van der Waals surface area contributed by atoms with E-state index in [9.17, 15) is 18.0 Å². The monoisotopic (exact) mass is 288 g/mol. The molecular formula is C11H11F3N4O2. The summed E-state index contributed by atoms with van der Waals surface area (Å²) in [5.74, 6) is -0.745. The average Bonchev–Trinajstić information content (AvgIpc) is 2.79. The van der Waals surface area contributed by atoms with Gasteiger partial charge in [-0.15, -0.1) is 0 Å². The van der Waals surface area contributed by atoms with Crippen LogP contribution in [0, 0.1) is 0 Å². The predicted octanol–water partition coefficient (Wildman–Crippen LogP) is 1.66. The number of carbonyl (C=O) groups is 1. The predicted molar refractivity (Wildman–Crippen MR) is 63.5 cm³/mol. The third-order valence-electron chi connectivity index (χ3n) is 2.68. The molecule has 6 nitrogen and oxygen atoms in total. The van der Waals surface area contributed by atoms with Gasteiger partial charge in [-0.1, -0.05) is 0 Å². The fourth-order valence-corrected chi connectivity index (χ4v) is 1.71. The molecule has 0 bridgehead atoms. The van der Waals surface area contributed by atoms with Gasteiger partial charge in [0.15, 0.2) is 11.5 Å². The molecule has 2 heterocycles. The molecule has 0 saturated carbocycles. The van der Waals surface area contributed by atoms with Crippen LogP contribution in [0.15, 0.2) is 18.5 Å². The highest BCUT2D eigenvalue weighted by Crippen LogP contribution is 2.30. The van der Waals surface area contributed by atoms with E-state index >= 15 is 0 Å². The summed E-state index contributed by atoms with van der Waals surface area (Å²) in [5.41, 5.74) is -0.842. The average molecular weight is 288 g/mol. The van der Waals surface area contributed by atoms with Gasteiger partial charge in [0.2, 0.25) is 0 Å². The number of fused-ring (bicyclic) bond motifs is 1. The smallest absolute Gasteiger partial charge is 0.435 e. The second-order valence-electron chi connectivity index (χ2n) is 4.17. The summed E-state index contributed by atoms with van der Waals surface area (Å²) >= 11 is 0. The highest BCUT2D eigenvalue weighted by Gasteiger charge is 2.34. The van der Waals surface area contributed by atoms with Gasteiger partial charge in [-0.3, -0.25) is 4.79 Å². The Morgan fingerprint density at radius 1 is 1.50 bits per heavy atom. The second kappa shape index (κ2) is 4.99. The highest BCUT2D eigenvalue weighted by molar-refractivity contribution is 5.71. The first-order valence-corrected chi connectivity index (χ1v) is 5.63. The standard InChI is InChI=1S/C11H11F3N4O2/c1-17(4-2-9(19)20)10-7-6-8(11(12,13)14)16-18(7)5-3-15-10/h3,5-6H,2,4H2,1H3,(H,19,20). The van der Waals surface area contributed by atoms with Crippen molar-refractivity contribution in [3.05, 3.63) is 24.2 Å². The van der Waals surface area contributed by atoms with Crippen molar-refractivity contribution in [3.8, 4) is 0 Å². The Hall–Kier alpha value is -2.32. The number of anilines is 1. The molecule has 20 heavy (non-hydrogen) atoms. The lowest BCUT2D eigenvalue weighted by Crippen LogP contribution is -2.22. The first-order valence-electron chi connectivity index (χ1n) is 5.63. The summed E-state index contributed by atoms with van der Waals surface area (Å²) in [6.45, 7) is 0.133. The maximum absolute atomic E-state index is 12.6. The van der Waals surface area contributed by atoms with Gasteiger partial charge >= 0.3 is 12.1 Å². The summed E-state index contributed by atoms with van der Waals surface area (Å²) < 4.78 is 38.9. The maximum atomic E-state index is 12.6. The number of rotatable bonds is 4. The molecule has 2 aromatic heterocycles. The van der Waals surface area contributed by atoms with Crippen LogP contribution >= 0.6 is 0 Å². The van der Waals surface area contributed by atoms with Crippen molar-refractivity contribution in [2.24, 2.45) is 0 Å². The molecule has 9 heteroatoms. The maximum Gasteiger partial charge on any atom is 0.435 e. The highest BCUT2D eigenvalue weighted by atomic mass is 19.4. The van der Waals surface area contributed by atoms with Crippen molar-refractivity contribution >= 4 is 17.3 Å². The van der Waals surface area contributed by atoms with Crippen LogP contribution in [0.25, 0.3) is 5.52 Å². The molecule has 1 N–H and O–H groups in total.